The van der Waals surface area contributed by atoms with E-state index in [9.17, 15) is 9.90 Å². The Balaban J connectivity index is 1.74. The maximum Gasteiger partial charge on any atom is 0.232 e. The van der Waals surface area contributed by atoms with Crippen LogP contribution >= 0.6 is 0 Å². The molecule has 1 aromatic heterocycles. The van der Waals surface area contributed by atoms with E-state index in [1.165, 1.54) is 7.11 Å². The Morgan fingerprint density at radius 1 is 1.38 bits per heavy atom. The van der Waals surface area contributed by atoms with E-state index in [4.69, 9.17) is 4.74 Å². The number of halogens is 1. The van der Waals surface area contributed by atoms with Gasteiger partial charge in [0.15, 0.2) is 11.6 Å². The minimum atomic E-state index is -0.611. The number of aryl methyl sites for hydroxylation is 1. The van der Waals surface area contributed by atoms with Crippen LogP contribution in [0.15, 0.2) is 24.0 Å². The summed E-state index contributed by atoms with van der Waals surface area (Å²) < 4.78 is 21.8. The van der Waals surface area contributed by atoms with Crippen molar-refractivity contribution >= 4 is 16.8 Å². The van der Waals surface area contributed by atoms with Gasteiger partial charge in [-0.15, -0.1) is 0 Å². The lowest BCUT2D eigenvalue weighted by molar-refractivity contribution is -0.141. The second-order valence-corrected chi connectivity index (χ2v) is 9.11. The van der Waals surface area contributed by atoms with Crippen LogP contribution < -0.4 is 4.74 Å². The van der Waals surface area contributed by atoms with Crippen molar-refractivity contribution in [3.8, 4) is 5.75 Å². The van der Waals surface area contributed by atoms with E-state index in [1.54, 1.807) is 36.9 Å². The summed E-state index contributed by atoms with van der Waals surface area (Å²) in [5.74, 6) is -0.700. The first kappa shape index (κ1) is 19.7. The van der Waals surface area contributed by atoms with Crippen LogP contribution in [0.1, 0.15) is 51.6 Å². The minimum Gasteiger partial charge on any atom is -0.512 e. The highest BCUT2D eigenvalue weighted by Gasteiger charge is 2.45. The molecule has 156 valence electrons. The highest BCUT2D eigenvalue weighted by atomic mass is 19.1. The number of amides is 1. The Morgan fingerprint density at radius 3 is 2.76 bits per heavy atom. The van der Waals surface area contributed by atoms with Crippen molar-refractivity contribution in [2.75, 3.05) is 7.11 Å². The van der Waals surface area contributed by atoms with Crippen LogP contribution in [0.2, 0.25) is 0 Å². The largest absolute Gasteiger partial charge is 0.512 e. The lowest BCUT2D eigenvalue weighted by Gasteiger charge is -2.50. The fourth-order valence-electron chi connectivity index (χ4n) is 5.07. The number of nitrogens with zero attached hydrogens (tertiary/aromatic N) is 3. The molecule has 29 heavy (non-hydrogen) atoms. The summed E-state index contributed by atoms with van der Waals surface area (Å²) in [5.41, 5.74) is 1.14. The van der Waals surface area contributed by atoms with Gasteiger partial charge in [0.05, 0.1) is 41.4 Å². The Morgan fingerprint density at radius 2 is 2.10 bits per heavy atom. The lowest BCUT2D eigenvalue weighted by atomic mass is 9.72. The highest BCUT2D eigenvalue weighted by Crippen LogP contribution is 2.44. The molecule has 3 unspecified atom stereocenters. The second kappa shape index (κ2) is 6.75. The maximum absolute atomic E-state index is 15.0. The number of rotatable bonds is 3. The van der Waals surface area contributed by atoms with Crippen LogP contribution in [-0.2, 0) is 11.8 Å². The van der Waals surface area contributed by atoms with E-state index < -0.39 is 11.7 Å². The Bertz CT molecular complexity index is 1010. The fourth-order valence-corrected chi connectivity index (χ4v) is 5.07. The molecule has 3 atom stereocenters. The average molecular weight is 401 g/mol. The fraction of sp³-hybridized carbons (Fsp3) is 0.545. The van der Waals surface area contributed by atoms with Crippen molar-refractivity contribution in [1.82, 2.24) is 14.7 Å². The zero-order valence-corrected chi connectivity index (χ0v) is 17.6. The van der Waals surface area contributed by atoms with E-state index in [0.717, 1.165) is 12.8 Å². The van der Waals surface area contributed by atoms with Gasteiger partial charge in [-0.3, -0.25) is 9.48 Å². The van der Waals surface area contributed by atoms with Crippen molar-refractivity contribution < 1.29 is 19.0 Å². The van der Waals surface area contributed by atoms with Crippen molar-refractivity contribution in [2.24, 2.45) is 12.5 Å². The molecule has 1 amide bonds. The number of piperidine rings is 1. The van der Waals surface area contributed by atoms with Crippen molar-refractivity contribution in [3.05, 3.63) is 35.5 Å². The van der Waals surface area contributed by atoms with Crippen LogP contribution in [0.3, 0.4) is 0 Å². The van der Waals surface area contributed by atoms with Crippen LogP contribution in [0.4, 0.5) is 4.39 Å². The van der Waals surface area contributed by atoms with Gasteiger partial charge in [-0.2, -0.15) is 5.10 Å². The van der Waals surface area contributed by atoms with Crippen LogP contribution in [0.25, 0.3) is 10.9 Å². The number of carbonyl (C=O) groups excluding carboxylic acids is 1. The lowest BCUT2D eigenvalue weighted by Crippen LogP contribution is -2.56. The zero-order chi connectivity index (χ0) is 21.1. The Labute approximate surface area is 169 Å². The van der Waals surface area contributed by atoms with Gasteiger partial charge in [0.1, 0.15) is 0 Å². The van der Waals surface area contributed by atoms with E-state index in [-0.39, 0.29) is 29.2 Å². The predicted octanol–water partition coefficient (Wildman–Crippen LogP) is 4.06. The van der Waals surface area contributed by atoms with E-state index in [0.29, 0.717) is 28.8 Å². The SMILES string of the molecule is COc1ccc2c(c(C(C)C(=O)N3C4C=C(O)CC3CC(C)(C)C4)nn2C)c1F. The molecule has 1 fully saturated rings. The van der Waals surface area contributed by atoms with Crippen LogP contribution in [-0.4, -0.2) is 44.9 Å². The number of benzene rings is 1. The molecular weight excluding hydrogens is 373 g/mol. The van der Waals surface area contributed by atoms with Crippen molar-refractivity contribution in [3.63, 3.8) is 0 Å². The molecular formula is C22H28FN3O3. The third kappa shape index (κ3) is 3.16. The van der Waals surface area contributed by atoms with Crippen LogP contribution in [0.5, 0.6) is 5.75 Å². The number of hydrogen-bond donors (Lipinski definition) is 1. The van der Waals surface area contributed by atoms with Crippen molar-refractivity contribution in [1.29, 1.82) is 0 Å². The molecule has 7 heteroatoms. The van der Waals surface area contributed by atoms with Gasteiger partial charge in [-0.25, -0.2) is 4.39 Å². The van der Waals surface area contributed by atoms with Gasteiger partial charge in [0, 0.05) is 19.5 Å². The minimum absolute atomic E-state index is 0.0574. The first-order chi connectivity index (χ1) is 13.6. The van der Waals surface area contributed by atoms with Gasteiger partial charge < -0.3 is 14.7 Å². The zero-order valence-electron chi connectivity index (χ0n) is 17.6. The van der Waals surface area contributed by atoms with Gasteiger partial charge in [0.25, 0.3) is 0 Å². The number of aliphatic hydroxyl groups excluding tert-OH is 1. The molecule has 3 heterocycles. The van der Waals surface area contributed by atoms with Gasteiger partial charge >= 0.3 is 0 Å². The number of fused-ring (bicyclic) bond motifs is 3. The molecule has 1 saturated heterocycles. The summed E-state index contributed by atoms with van der Waals surface area (Å²) in [5, 5.41) is 14.9. The monoisotopic (exact) mass is 401 g/mol. The molecule has 4 rings (SSSR count). The second-order valence-electron chi connectivity index (χ2n) is 9.11. The molecule has 0 aliphatic carbocycles. The van der Waals surface area contributed by atoms with Crippen LogP contribution in [0, 0.1) is 11.2 Å². The van der Waals surface area contributed by atoms with E-state index >= 15 is 4.39 Å². The normalized spacial score (nSPS) is 24.3. The average Bonchev–Trinajstić information content (AvgIpc) is 2.96. The Hall–Kier alpha value is -2.57. The van der Waals surface area contributed by atoms with E-state index in [2.05, 4.69) is 18.9 Å². The first-order valence-corrected chi connectivity index (χ1v) is 10.0. The van der Waals surface area contributed by atoms with Gasteiger partial charge in [-0.05, 0) is 43.4 Å². The molecule has 6 nitrogen and oxygen atoms in total. The highest BCUT2D eigenvalue weighted by molar-refractivity contribution is 5.92. The number of ether oxygens (including phenoxy) is 1. The third-order valence-corrected chi connectivity index (χ3v) is 6.33. The summed E-state index contributed by atoms with van der Waals surface area (Å²) >= 11 is 0. The number of hydrogen-bond acceptors (Lipinski definition) is 4. The summed E-state index contributed by atoms with van der Waals surface area (Å²) in [4.78, 5) is 15.4. The molecule has 2 aliphatic rings. The van der Waals surface area contributed by atoms with E-state index in [1.807, 2.05) is 4.90 Å². The predicted molar refractivity (Wildman–Crippen MR) is 108 cm³/mol. The molecule has 0 saturated carbocycles. The molecule has 2 bridgehead atoms. The van der Waals surface area contributed by atoms with Gasteiger partial charge in [0.2, 0.25) is 5.91 Å². The number of methoxy groups -OCH3 is 1. The van der Waals surface area contributed by atoms with Gasteiger partial charge in [-0.1, -0.05) is 13.8 Å². The topological polar surface area (TPSA) is 67.6 Å². The first-order valence-electron chi connectivity index (χ1n) is 10.0. The number of carbonyl (C=O) groups is 1. The molecule has 2 aromatic rings. The summed E-state index contributed by atoms with van der Waals surface area (Å²) in [6, 6.07) is 3.12. The quantitative estimate of drug-likeness (QED) is 0.842. The third-order valence-electron chi connectivity index (χ3n) is 6.33. The maximum atomic E-state index is 15.0. The smallest absolute Gasteiger partial charge is 0.232 e. The molecule has 1 N–H and O–H groups in total. The Kier molecular flexibility index (Phi) is 4.59. The number of aromatic nitrogens is 2. The summed E-state index contributed by atoms with van der Waals surface area (Å²) in [6.07, 6.45) is 3.87. The van der Waals surface area contributed by atoms with Crippen molar-refractivity contribution in [2.45, 2.75) is 58.0 Å². The molecule has 1 aromatic carbocycles. The summed E-state index contributed by atoms with van der Waals surface area (Å²) in [6.45, 7) is 6.17. The summed E-state index contributed by atoms with van der Waals surface area (Å²) in [7, 11) is 3.16. The molecule has 2 aliphatic heterocycles. The molecule has 0 radical (unpaired) electrons. The standard InChI is InChI=1S/C22H28FN3O3/c1-12(20-18-16(25(4)24-20)6-7-17(29-5)19(18)23)21(28)26-13-8-15(27)9-14(26)11-22(2,3)10-13/h6-8,12-14,27H,9-11H2,1-5H3. The molecule has 0 spiro atoms. The number of aliphatic hydroxyl groups is 1.